The van der Waals surface area contributed by atoms with E-state index in [2.05, 4.69) is 27.4 Å². The molecule has 0 saturated carbocycles. The fourth-order valence-corrected chi connectivity index (χ4v) is 4.30. The molecule has 1 atom stereocenters. The van der Waals surface area contributed by atoms with Gasteiger partial charge in [0.25, 0.3) is 0 Å². The van der Waals surface area contributed by atoms with Crippen molar-refractivity contribution in [1.82, 2.24) is 15.2 Å². The molecule has 8 nitrogen and oxygen atoms in total. The molecule has 0 aliphatic carbocycles. The molecule has 1 unspecified atom stereocenters. The quantitative estimate of drug-likeness (QED) is 0.249. The maximum Gasteiger partial charge on any atom is 0.338 e. The summed E-state index contributed by atoms with van der Waals surface area (Å²) in [4.78, 5) is 16.6. The molecule has 1 aliphatic rings. The summed E-state index contributed by atoms with van der Waals surface area (Å²) in [6.45, 7) is 4.22. The lowest BCUT2D eigenvalue weighted by atomic mass is 10.1. The molecule has 9 heteroatoms. The summed E-state index contributed by atoms with van der Waals surface area (Å²) in [5.74, 6) is 2.18. The Bertz CT molecular complexity index is 1340. The van der Waals surface area contributed by atoms with Gasteiger partial charge in [-0.05, 0) is 43.7 Å². The highest BCUT2D eigenvalue weighted by atomic mass is 32.2. The van der Waals surface area contributed by atoms with E-state index in [0.29, 0.717) is 40.4 Å². The van der Waals surface area contributed by atoms with Gasteiger partial charge in [-0.25, -0.2) is 4.79 Å². The van der Waals surface area contributed by atoms with Crippen LogP contribution in [0, 0.1) is 0 Å². The largest absolute Gasteiger partial charge is 0.462 e. The van der Waals surface area contributed by atoms with Crippen molar-refractivity contribution in [3.8, 4) is 28.5 Å². The second-order valence-electron chi connectivity index (χ2n) is 7.78. The highest BCUT2D eigenvalue weighted by molar-refractivity contribution is 7.99. The van der Waals surface area contributed by atoms with Gasteiger partial charge in [0.1, 0.15) is 5.76 Å². The summed E-state index contributed by atoms with van der Waals surface area (Å²) in [6.07, 6.45) is 0.389. The SMILES string of the molecule is CCCSc1nnc2c(n1)OC(c1ccc(-c3ccc(C(=O)OCC)cc3)o1)Nc1ccccc1-2. The molecule has 178 valence electrons. The fraction of sp³-hybridized carbons (Fsp3) is 0.231. The van der Waals surface area contributed by atoms with E-state index in [1.165, 1.54) is 0 Å². The zero-order valence-corrected chi connectivity index (χ0v) is 20.2. The van der Waals surface area contributed by atoms with Crippen LogP contribution in [0.2, 0.25) is 0 Å². The number of nitrogens with one attached hydrogen (secondary N) is 1. The number of anilines is 1. The number of para-hydroxylation sites is 1. The van der Waals surface area contributed by atoms with Gasteiger partial charge in [0, 0.05) is 22.6 Å². The number of carbonyl (C=O) groups is 1. The van der Waals surface area contributed by atoms with E-state index in [-0.39, 0.29) is 5.97 Å². The first-order valence-electron chi connectivity index (χ1n) is 11.4. The van der Waals surface area contributed by atoms with Gasteiger partial charge in [-0.3, -0.25) is 0 Å². The maximum atomic E-state index is 11.9. The van der Waals surface area contributed by atoms with Gasteiger partial charge in [-0.1, -0.05) is 49.0 Å². The normalized spacial score (nSPS) is 14.2. The maximum absolute atomic E-state index is 11.9. The average Bonchev–Trinajstić information content (AvgIpc) is 3.32. The van der Waals surface area contributed by atoms with Crippen LogP contribution >= 0.6 is 11.8 Å². The van der Waals surface area contributed by atoms with E-state index in [4.69, 9.17) is 13.9 Å². The summed E-state index contributed by atoms with van der Waals surface area (Å²) in [7, 11) is 0. The summed E-state index contributed by atoms with van der Waals surface area (Å²) in [5, 5.41) is 12.7. The van der Waals surface area contributed by atoms with Gasteiger partial charge in [0.05, 0.1) is 12.2 Å². The van der Waals surface area contributed by atoms with Gasteiger partial charge in [0.15, 0.2) is 11.5 Å². The van der Waals surface area contributed by atoms with E-state index < -0.39 is 6.23 Å². The second-order valence-corrected chi connectivity index (χ2v) is 8.85. The highest BCUT2D eigenvalue weighted by Crippen LogP contribution is 2.40. The Morgan fingerprint density at radius 3 is 2.69 bits per heavy atom. The summed E-state index contributed by atoms with van der Waals surface area (Å²) < 4.78 is 17.5. The number of fused-ring (bicyclic) bond motifs is 3. The van der Waals surface area contributed by atoms with Crippen LogP contribution in [0.1, 0.15) is 42.6 Å². The van der Waals surface area contributed by atoms with Crippen LogP contribution in [-0.4, -0.2) is 33.5 Å². The standard InChI is InChI=1S/C26H24N4O4S/c1-3-15-35-26-28-24-22(29-30-26)18-7-5-6-8-19(18)27-23(34-24)21-14-13-20(33-21)16-9-11-17(12-10-16)25(31)32-4-2/h5-14,23,27H,3-4,15H2,1-2H3. The van der Waals surface area contributed by atoms with Crippen LogP contribution in [0.25, 0.3) is 22.6 Å². The molecule has 1 N–H and O–H groups in total. The fourth-order valence-electron chi connectivity index (χ4n) is 3.66. The minimum absolute atomic E-state index is 0.335. The van der Waals surface area contributed by atoms with Crippen molar-refractivity contribution in [3.63, 3.8) is 0 Å². The first kappa shape index (κ1) is 22.9. The zero-order chi connectivity index (χ0) is 24.2. The summed E-state index contributed by atoms with van der Waals surface area (Å²) in [5.41, 5.74) is 3.61. The summed E-state index contributed by atoms with van der Waals surface area (Å²) in [6, 6.07) is 18.6. The minimum Gasteiger partial charge on any atom is -0.462 e. The van der Waals surface area contributed by atoms with Crippen LogP contribution in [0.4, 0.5) is 5.69 Å². The van der Waals surface area contributed by atoms with Gasteiger partial charge in [-0.15, -0.1) is 10.2 Å². The molecule has 1 aliphatic heterocycles. The number of hydrogen-bond donors (Lipinski definition) is 1. The molecule has 35 heavy (non-hydrogen) atoms. The Balaban J connectivity index is 1.45. The predicted octanol–water partition coefficient (Wildman–Crippen LogP) is 5.98. The van der Waals surface area contributed by atoms with Crippen LogP contribution in [-0.2, 0) is 4.74 Å². The van der Waals surface area contributed by atoms with Crippen molar-refractivity contribution in [3.05, 3.63) is 72.0 Å². The second kappa shape index (κ2) is 10.2. The third-order valence-corrected chi connectivity index (χ3v) is 6.38. The molecule has 5 rings (SSSR count). The molecule has 0 spiro atoms. The number of hydrogen-bond acceptors (Lipinski definition) is 9. The molecular weight excluding hydrogens is 464 g/mol. The van der Waals surface area contributed by atoms with Crippen molar-refractivity contribution in [1.29, 1.82) is 0 Å². The molecule has 0 radical (unpaired) electrons. The van der Waals surface area contributed by atoms with E-state index >= 15 is 0 Å². The molecular formula is C26H24N4O4S. The Morgan fingerprint density at radius 1 is 1.06 bits per heavy atom. The Kier molecular flexibility index (Phi) is 6.67. The number of aromatic nitrogens is 3. The number of rotatable bonds is 7. The molecule has 2 aromatic carbocycles. The van der Waals surface area contributed by atoms with Gasteiger partial charge in [0.2, 0.25) is 17.3 Å². The molecule has 3 heterocycles. The number of ether oxygens (including phenoxy) is 2. The lowest BCUT2D eigenvalue weighted by Crippen LogP contribution is -2.16. The molecule has 0 saturated heterocycles. The first-order valence-corrected chi connectivity index (χ1v) is 12.4. The van der Waals surface area contributed by atoms with Crippen LogP contribution in [0.5, 0.6) is 5.88 Å². The van der Waals surface area contributed by atoms with Crippen LogP contribution in [0.15, 0.2) is 70.2 Å². The number of nitrogens with zero attached hydrogens (tertiary/aromatic N) is 3. The van der Waals surface area contributed by atoms with Crippen molar-refractivity contribution < 1.29 is 18.7 Å². The van der Waals surface area contributed by atoms with Gasteiger partial charge >= 0.3 is 5.97 Å². The minimum atomic E-state index is -0.620. The predicted molar refractivity (Wildman–Crippen MR) is 133 cm³/mol. The number of thioether (sulfide) groups is 1. The zero-order valence-electron chi connectivity index (χ0n) is 19.4. The van der Waals surface area contributed by atoms with E-state index in [1.54, 1.807) is 30.8 Å². The van der Waals surface area contributed by atoms with Gasteiger partial charge < -0.3 is 19.2 Å². The van der Waals surface area contributed by atoms with Crippen LogP contribution < -0.4 is 10.1 Å². The monoisotopic (exact) mass is 488 g/mol. The molecule has 4 aromatic rings. The highest BCUT2D eigenvalue weighted by Gasteiger charge is 2.28. The van der Waals surface area contributed by atoms with Crippen LogP contribution in [0.3, 0.4) is 0 Å². The third-order valence-electron chi connectivity index (χ3n) is 5.33. The Labute approximate surface area is 207 Å². The number of esters is 1. The Hall–Kier alpha value is -3.85. The molecule has 0 bridgehead atoms. The van der Waals surface area contributed by atoms with Crippen molar-refractivity contribution in [2.75, 3.05) is 17.7 Å². The van der Waals surface area contributed by atoms with Crippen molar-refractivity contribution in [2.24, 2.45) is 0 Å². The van der Waals surface area contributed by atoms with E-state index in [9.17, 15) is 4.79 Å². The smallest absolute Gasteiger partial charge is 0.338 e. The lowest BCUT2D eigenvalue weighted by Gasteiger charge is -2.16. The average molecular weight is 489 g/mol. The Morgan fingerprint density at radius 2 is 1.89 bits per heavy atom. The summed E-state index contributed by atoms with van der Waals surface area (Å²) >= 11 is 1.54. The van der Waals surface area contributed by atoms with Gasteiger partial charge in [-0.2, -0.15) is 4.98 Å². The number of benzene rings is 2. The number of carbonyl (C=O) groups excluding carboxylic acids is 1. The molecule has 0 amide bonds. The van der Waals surface area contributed by atoms with E-state index in [0.717, 1.165) is 29.0 Å². The topological polar surface area (TPSA) is 99.4 Å². The first-order chi connectivity index (χ1) is 17.2. The third kappa shape index (κ3) is 4.85. The van der Waals surface area contributed by atoms with Crippen molar-refractivity contribution in [2.45, 2.75) is 31.7 Å². The molecule has 2 aromatic heterocycles. The van der Waals surface area contributed by atoms with Crippen molar-refractivity contribution >= 4 is 23.4 Å². The number of furan rings is 1. The lowest BCUT2D eigenvalue weighted by molar-refractivity contribution is 0.0526. The van der Waals surface area contributed by atoms with E-state index in [1.807, 2.05) is 48.5 Å². The molecule has 0 fully saturated rings.